The van der Waals surface area contributed by atoms with Crippen LogP contribution < -0.4 is 16.3 Å². The Balaban J connectivity index is 1.32. The number of hydrogen-bond acceptors (Lipinski definition) is 5. The number of benzene rings is 1. The summed E-state index contributed by atoms with van der Waals surface area (Å²) in [6.45, 7) is 2.41. The van der Waals surface area contributed by atoms with Gasteiger partial charge in [0.25, 0.3) is 5.91 Å². The number of aromatic nitrogens is 4. The van der Waals surface area contributed by atoms with E-state index >= 15 is 0 Å². The van der Waals surface area contributed by atoms with Crippen molar-refractivity contribution in [3.63, 3.8) is 0 Å². The molecular weight excluding hydrogens is 511 g/mol. The largest absolute Gasteiger partial charge is 0.372 e. The van der Waals surface area contributed by atoms with Crippen LogP contribution >= 0.6 is 23.2 Å². The average Bonchev–Trinajstić information content (AvgIpc) is 3.17. The molecule has 1 fully saturated rings. The van der Waals surface area contributed by atoms with Crippen LogP contribution in [0.25, 0.3) is 16.7 Å². The molecule has 0 aliphatic heterocycles. The first-order valence-electron chi connectivity index (χ1n) is 12.3. The Morgan fingerprint density at radius 3 is 2.49 bits per heavy atom. The number of carbonyl (C=O) groups is 1. The lowest BCUT2D eigenvalue weighted by atomic mass is 9.85. The lowest BCUT2D eigenvalue weighted by Gasteiger charge is -2.29. The summed E-state index contributed by atoms with van der Waals surface area (Å²) in [5.41, 5.74) is 3.36. The van der Waals surface area contributed by atoms with E-state index < -0.39 is 0 Å². The number of imidazole rings is 1. The molecule has 0 bridgehead atoms. The standard InChI is InChI=1S/C27H28Cl2N6O2/c1-16-21(11-18(28)13-31-16)26(36)33-19-9-7-17(8-10-19)15-34-23-5-3-4-6-24(23)35(27(34)37)20-12-22(29)25(30-2)32-14-20/h3-6,11-14,17,19H,7-10,15H2,1-2H3,(H,30,32)(H,33,36). The maximum absolute atomic E-state index is 13.6. The van der Waals surface area contributed by atoms with E-state index in [-0.39, 0.29) is 17.6 Å². The predicted molar refractivity (Wildman–Crippen MR) is 147 cm³/mol. The highest BCUT2D eigenvalue weighted by atomic mass is 35.5. The highest BCUT2D eigenvalue weighted by Gasteiger charge is 2.26. The summed E-state index contributed by atoms with van der Waals surface area (Å²) in [7, 11) is 1.75. The number of halogens is 2. The van der Waals surface area contributed by atoms with E-state index in [0.29, 0.717) is 45.3 Å². The summed E-state index contributed by atoms with van der Waals surface area (Å²) in [5, 5.41) is 6.97. The van der Waals surface area contributed by atoms with Gasteiger partial charge in [0.15, 0.2) is 0 Å². The molecule has 3 heterocycles. The molecule has 1 saturated carbocycles. The molecule has 3 aromatic heterocycles. The first-order valence-corrected chi connectivity index (χ1v) is 13.1. The number of hydrogen-bond donors (Lipinski definition) is 2. The third kappa shape index (κ3) is 5.08. The Morgan fingerprint density at radius 2 is 1.78 bits per heavy atom. The molecule has 1 amide bonds. The molecule has 1 aliphatic rings. The van der Waals surface area contributed by atoms with E-state index in [1.807, 2.05) is 28.8 Å². The molecule has 8 nitrogen and oxygen atoms in total. The van der Waals surface area contributed by atoms with Crippen LogP contribution in [-0.2, 0) is 6.54 Å². The van der Waals surface area contributed by atoms with Gasteiger partial charge in [-0.3, -0.25) is 18.9 Å². The van der Waals surface area contributed by atoms with E-state index in [2.05, 4.69) is 20.6 Å². The molecule has 0 saturated heterocycles. The Kier molecular flexibility index (Phi) is 7.22. The fourth-order valence-corrected chi connectivity index (χ4v) is 5.53. The van der Waals surface area contributed by atoms with E-state index in [9.17, 15) is 9.59 Å². The topological polar surface area (TPSA) is 93.8 Å². The van der Waals surface area contributed by atoms with Gasteiger partial charge in [-0.15, -0.1) is 0 Å². The maximum Gasteiger partial charge on any atom is 0.333 e. The zero-order valence-corrected chi connectivity index (χ0v) is 22.2. The van der Waals surface area contributed by atoms with E-state index in [1.54, 1.807) is 43.1 Å². The molecule has 0 radical (unpaired) electrons. The van der Waals surface area contributed by atoms with Crippen molar-refractivity contribution in [1.82, 2.24) is 24.4 Å². The quantitative estimate of drug-likeness (QED) is 0.350. The van der Waals surface area contributed by atoms with E-state index in [0.717, 1.165) is 36.7 Å². The number of rotatable bonds is 6. The van der Waals surface area contributed by atoms with Gasteiger partial charge in [0.2, 0.25) is 0 Å². The van der Waals surface area contributed by atoms with Crippen LogP contribution in [0.4, 0.5) is 5.82 Å². The van der Waals surface area contributed by atoms with Crippen LogP contribution in [0, 0.1) is 12.8 Å². The van der Waals surface area contributed by atoms with Gasteiger partial charge in [-0.1, -0.05) is 35.3 Å². The summed E-state index contributed by atoms with van der Waals surface area (Å²) in [4.78, 5) is 34.9. The highest BCUT2D eigenvalue weighted by Crippen LogP contribution is 2.28. The second kappa shape index (κ2) is 10.6. The number of aryl methyl sites for hydroxylation is 1. The molecule has 10 heteroatoms. The van der Waals surface area contributed by atoms with Gasteiger partial charge >= 0.3 is 5.69 Å². The molecule has 37 heavy (non-hydrogen) atoms. The summed E-state index contributed by atoms with van der Waals surface area (Å²) in [6.07, 6.45) is 6.72. The average molecular weight is 539 g/mol. The molecule has 0 unspecified atom stereocenters. The van der Waals surface area contributed by atoms with Crippen molar-refractivity contribution in [2.75, 3.05) is 12.4 Å². The molecule has 0 spiro atoms. The number of anilines is 1. The molecular formula is C27H28Cl2N6O2. The Morgan fingerprint density at radius 1 is 1.05 bits per heavy atom. The van der Waals surface area contributed by atoms with Gasteiger partial charge in [-0.25, -0.2) is 9.78 Å². The Labute approximate surface area is 224 Å². The lowest BCUT2D eigenvalue weighted by molar-refractivity contribution is 0.0919. The normalized spacial score (nSPS) is 17.6. The minimum atomic E-state index is -0.146. The van der Waals surface area contributed by atoms with Crippen LogP contribution in [0.5, 0.6) is 0 Å². The number of carbonyl (C=O) groups excluding carboxylic acids is 1. The van der Waals surface area contributed by atoms with Crippen molar-refractivity contribution in [3.05, 3.63) is 80.6 Å². The molecule has 192 valence electrons. The first kappa shape index (κ1) is 25.3. The van der Waals surface area contributed by atoms with Gasteiger partial charge < -0.3 is 10.6 Å². The van der Waals surface area contributed by atoms with Gasteiger partial charge in [0, 0.05) is 25.8 Å². The summed E-state index contributed by atoms with van der Waals surface area (Å²) < 4.78 is 3.51. The van der Waals surface area contributed by atoms with Crippen molar-refractivity contribution in [2.45, 2.75) is 45.2 Å². The van der Waals surface area contributed by atoms with Gasteiger partial charge in [0.05, 0.1) is 44.2 Å². The van der Waals surface area contributed by atoms with Crippen molar-refractivity contribution >= 4 is 46.0 Å². The van der Waals surface area contributed by atoms with Crippen LogP contribution in [-0.4, -0.2) is 38.1 Å². The lowest BCUT2D eigenvalue weighted by Crippen LogP contribution is -2.39. The van der Waals surface area contributed by atoms with Crippen molar-refractivity contribution in [3.8, 4) is 5.69 Å². The van der Waals surface area contributed by atoms with Crippen LogP contribution in [0.3, 0.4) is 0 Å². The fourth-order valence-electron chi connectivity index (χ4n) is 5.12. The van der Waals surface area contributed by atoms with Gasteiger partial charge in [-0.05, 0) is 62.8 Å². The summed E-state index contributed by atoms with van der Waals surface area (Å²) >= 11 is 12.4. The Bertz CT molecular complexity index is 1520. The third-order valence-electron chi connectivity index (χ3n) is 7.08. The Hall–Kier alpha value is -3.36. The predicted octanol–water partition coefficient (Wildman–Crippen LogP) is 5.23. The fraction of sp³-hybridized carbons (Fsp3) is 0.333. The van der Waals surface area contributed by atoms with Crippen LogP contribution in [0.2, 0.25) is 10.0 Å². The van der Waals surface area contributed by atoms with Crippen LogP contribution in [0.15, 0.2) is 53.6 Å². The molecule has 1 aromatic carbocycles. The second-order valence-electron chi connectivity index (χ2n) is 9.47. The monoisotopic (exact) mass is 538 g/mol. The van der Waals surface area contributed by atoms with E-state index in [1.165, 1.54) is 0 Å². The summed E-state index contributed by atoms with van der Waals surface area (Å²) in [5.74, 6) is 0.743. The zero-order valence-electron chi connectivity index (χ0n) is 20.7. The third-order valence-corrected chi connectivity index (χ3v) is 7.57. The SMILES string of the molecule is CNc1ncc(-n2c(=O)n(CC3CCC(NC(=O)c4cc(Cl)cnc4C)CC3)c3ccccc32)cc1Cl. The van der Waals surface area contributed by atoms with Crippen molar-refractivity contribution in [1.29, 1.82) is 0 Å². The second-order valence-corrected chi connectivity index (χ2v) is 10.3. The number of nitrogens with one attached hydrogen (secondary N) is 2. The van der Waals surface area contributed by atoms with Gasteiger partial charge in [-0.2, -0.15) is 0 Å². The molecule has 2 N–H and O–H groups in total. The minimum absolute atomic E-state index is 0.0825. The number of pyridine rings is 2. The van der Waals surface area contributed by atoms with Crippen LogP contribution in [0.1, 0.15) is 41.7 Å². The maximum atomic E-state index is 13.6. The zero-order chi connectivity index (χ0) is 26.1. The number of amides is 1. The summed E-state index contributed by atoms with van der Waals surface area (Å²) in [6, 6.07) is 11.3. The van der Waals surface area contributed by atoms with E-state index in [4.69, 9.17) is 23.2 Å². The molecule has 5 rings (SSSR count). The van der Waals surface area contributed by atoms with Gasteiger partial charge in [0.1, 0.15) is 5.82 Å². The molecule has 0 atom stereocenters. The number of para-hydroxylation sites is 2. The molecule has 1 aliphatic carbocycles. The van der Waals surface area contributed by atoms with Crippen molar-refractivity contribution < 1.29 is 4.79 Å². The number of nitrogens with zero attached hydrogens (tertiary/aromatic N) is 4. The highest BCUT2D eigenvalue weighted by molar-refractivity contribution is 6.33. The van der Waals surface area contributed by atoms with Crippen molar-refractivity contribution in [2.24, 2.45) is 5.92 Å². The minimum Gasteiger partial charge on any atom is -0.372 e. The first-order chi connectivity index (χ1) is 17.9. The number of fused-ring (bicyclic) bond motifs is 1. The smallest absolute Gasteiger partial charge is 0.333 e. The molecule has 4 aromatic rings.